The molecule has 1 aliphatic rings. The summed E-state index contributed by atoms with van der Waals surface area (Å²) in [4.78, 5) is 2.29. The van der Waals surface area contributed by atoms with Crippen molar-refractivity contribution < 1.29 is 0 Å². The lowest BCUT2D eigenvalue weighted by Gasteiger charge is -2.26. The van der Waals surface area contributed by atoms with Crippen molar-refractivity contribution in [2.75, 3.05) is 13.1 Å². The van der Waals surface area contributed by atoms with Crippen LogP contribution in [-0.4, -0.2) is 30.3 Å². The first-order valence-corrected chi connectivity index (χ1v) is 4.46. The van der Waals surface area contributed by atoms with Gasteiger partial charge in [-0.25, -0.2) is 0 Å². The summed E-state index contributed by atoms with van der Waals surface area (Å²) in [5.41, 5.74) is 5.89. The number of hydrogen-bond acceptors (Lipinski definition) is 3. The normalized spacial score (nSPS) is 22.9. The summed E-state index contributed by atoms with van der Waals surface area (Å²) < 4.78 is 0. The standard InChI is InChI=1S/C8H19N3/c1-7(2)10-8(9)11-5-3-4-6-11/h7-8,10H,3-6,9H2,1-2H3. The highest BCUT2D eigenvalue weighted by Crippen LogP contribution is 2.07. The number of likely N-dealkylation sites (tertiary alicyclic amines) is 1. The smallest absolute Gasteiger partial charge is 0.112 e. The summed E-state index contributed by atoms with van der Waals surface area (Å²) in [6.07, 6.45) is 2.67. The van der Waals surface area contributed by atoms with Crippen LogP contribution in [0, 0.1) is 0 Å². The third kappa shape index (κ3) is 2.77. The molecule has 3 heteroatoms. The van der Waals surface area contributed by atoms with Crippen LogP contribution in [-0.2, 0) is 0 Å². The molecule has 1 atom stereocenters. The Morgan fingerprint density at radius 3 is 2.27 bits per heavy atom. The molecule has 1 saturated heterocycles. The van der Waals surface area contributed by atoms with Gasteiger partial charge in [-0.2, -0.15) is 0 Å². The minimum absolute atomic E-state index is 0.0671. The first-order valence-electron chi connectivity index (χ1n) is 4.46. The zero-order valence-corrected chi connectivity index (χ0v) is 7.51. The van der Waals surface area contributed by atoms with Crippen molar-refractivity contribution in [1.82, 2.24) is 10.2 Å². The van der Waals surface area contributed by atoms with Crippen LogP contribution in [0.5, 0.6) is 0 Å². The van der Waals surface area contributed by atoms with E-state index in [1.165, 1.54) is 12.8 Å². The van der Waals surface area contributed by atoms with Gasteiger partial charge in [0.15, 0.2) is 0 Å². The molecule has 3 N–H and O–H groups in total. The molecule has 0 radical (unpaired) electrons. The minimum atomic E-state index is 0.0671. The number of nitrogens with one attached hydrogen (secondary N) is 1. The average Bonchev–Trinajstić information content (AvgIpc) is 2.35. The van der Waals surface area contributed by atoms with Gasteiger partial charge in [0, 0.05) is 19.1 Å². The fraction of sp³-hybridized carbons (Fsp3) is 1.00. The zero-order chi connectivity index (χ0) is 8.27. The second-order valence-corrected chi connectivity index (χ2v) is 3.51. The number of nitrogens with zero attached hydrogens (tertiary/aromatic N) is 1. The van der Waals surface area contributed by atoms with Crippen LogP contribution in [0.15, 0.2) is 0 Å². The summed E-state index contributed by atoms with van der Waals surface area (Å²) in [6, 6.07) is 0.477. The van der Waals surface area contributed by atoms with E-state index in [4.69, 9.17) is 5.73 Å². The summed E-state index contributed by atoms with van der Waals surface area (Å²) in [7, 11) is 0. The van der Waals surface area contributed by atoms with Gasteiger partial charge in [0.25, 0.3) is 0 Å². The van der Waals surface area contributed by atoms with E-state index in [1.807, 2.05) is 0 Å². The molecule has 0 aromatic heterocycles. The first-order chi connectivity index (χ1) is 5.20. The Morgan fingerprint density at radius 1 is 1.27 bits per heavy atom. The molecule has 1 heterocycles. The van der Waals surface area contributed by atoms with Crippen LogP contribution in [0.1, 0.15) is 26.7 Å². The van der Waals surface area contributed by atoms with Gasteiger partial charge in [-0.15, -0.1) is 0 Å². The van der Waals surface area contributed by atoms with E-state index in [2.05, 4.69) is 24.1 Å². The van der Waals surface area contributed by atoms with Gasteiger partial charge in [-0.3, -0.25) is 10.2 Å². The van der Waals surface area contributed by atoms with E-state index < -0.39 is 0 Å². The molecule has 1 fully saturated rings. The molecular formula is C8H19N3. The Kier molecular flexibility index (Phi) is 3.30. The maximum Gasteiger partial charge on any atom is 0.112 e. The largest absolute Gasteiger partial charge is 0.303 e. The molecule has 1 unspecified atom stereocenters. The van der Waals surface area contributed by atoms with Crippen LogP contribution in [0.4, 0.5) is 0 Å². The van der Waals surface area contributed by atoms with Gasteiger partial charge in [0.05, 0.1) is 0 Å². The second kappa shape index (κ2) is 4.04. The van der Waals surface area contributed by atoms with Crippen LogP contribution >= 0.6 is 0 Å². The van der Waals surface area contributed by atoms with Crippen molar-refractivity contribution in [2.45, 2.75) is 39.0 Å². The Hall–Kier alpha value is -0.120. The lowest BCUT2D eigenvalue weighted by Crippen LogP contribution is -2.53. The SMILES string of the molecule is CC(C)NC(N)N1CCCC1. The summed E-state index contributed by atoms with van der Waals surface area (Å²) in [5, 5.41) is 3.29. The molecule has 0 aliphatic carbocycles. The lowest BCUT2D eigenvalue weighted by atomic mass is 10.4. The minimum Gasteiger partial charge on any atom is -0.303 e. The molecule has 1 aliphatic heterocycles. The molecule has 0 amide bonds. The zero-order valence-electron chi connectivity index (χ0n) is 7.51. The van der Waals surface area contributed by atoms with E-state index in [1.54, 1.807) is 0 Å². The fourth-order valence-corrected chi connectivity index (χ4v) is 1.47. The highest BCUT2D eigenvalue weighted by Gasteiger charge is 2.17. The molecule has 1 rings (SSSR count). The van der Waals surface area contributed by atoms with E-state index in [9.17, 15) is 0 Å². The maximum atomic E-state index is 5.89. The molecule has 0 bridgehead atoms. The van der Waals surface area contributed by atoms with Crippen molar-refractivity contribution in [2.24, 2.45) is 5.73 Å². The predicted molar refractivity (Wildman–Crippen MR) is 47.1 cm³/mol. The molecular weight excluding hydrogens is 138 g/mol. The summed E-state index contributed by atoms with van der Waals surface area (Å²) >= 11 is 0. The van der Waals surface area contributed by atoms with E-state index >= 15 is 0 Å². The molecule has 0 spiro atoms. The lowest BCUT2D eigenvalue weighted by molar-refractivity contribution is 0.198. The Bertz CT molecular complexity index is 108. The van der Waals surface area contributed by atoms with Crippen molar-refractivity contribution in [3.8, 4) is 0 Å². The Balaban J connectivity index is 2.22. The van der Waals surface area contributed by atoms with Gasteiger partial charge in [-0.05, 0) is 26.7 Å². The highest BCUT2D eigenvalue weighted by molar-refractivity contribution is 4.71. The third-order valence-corrected chi connectivity index (χ3v) is 2.04. The van der Waals surface area contributed by atoms with Gasteiger partial charge in [-0.1, -0.05) is 0 Å². The van der Waals surface area contributed by atoms with Gasteiger partial charge >= 0.3 is 0 Å². The van der Waals surface area contributed by atoms with Crippen LogP contribution in [0.25, 0.3) is 0 Å². The van der Waals surface area contributed by atoms with Crippen molar-refractivity contribution >= 4 is 0 Å². The number of nitrogens with two attached hydrogens (primary N) is 1. The van der Waals surface area contributed by atoms with Crippen LogP contribution < -0.4 is 11.1 Å². The monoisotopic (exact) mass is 157 g/mol. The quantitative estimate of drug-likeness (QED) is 0.580. The van der Waals surface area contributed by atoms with Crippen LogP contribution in [0.3, 0.4) is 0 Å². The average molecular weight is 157 g/mol. The highest BCUT2D eigenvalue weighted by atomic mass is 15.3. The summed E-state index contributed by atoms with van der Waals surface area (Å²) in [5.74, 6) is 0. The molecule has 0 aromatic rings. The first kappa shape index (κ1) is 8.97. The van der Waals surface area contributed by atoms with Crippen molar-refractivity contribution in [3.05, 3.63) is 0 Å². The van der Waals surface area contributed by atoms with Gasteiger partial charge < -0.3 is 5.73 Å². The topological polar surface area (TPSA) is 41.3 Å². The van der Waals surface area contributed by atoms with Crippen LogP contribution in [0.2, 0.25) is 0 Å². The number of hydrogen-bond donors (Lipinski definition) is 2. The van der Waals surface area contributed by atoms with E-state index in [0.29, 0.717) is 6.04 Å². The molecule has 0 aromatic carbocycles. The van der Waals surface area contributed by atoms with E-state index in [-0.39, 0.29) is 6.29 Å². The molecule has 3 nitrogen and oxygen atoms in total. The predicted octanol–water partition coefficient (Wildman–Crippen LogP) is 0.323. The Labute approximate surface area is 68.9 Å². The fourth-order valence-electron chi connectivity index (χ4n) is 1.47. The van der Waals surface area contributed by atoms with Crippen molar-refractivity contribution in [3.63, 3.8) is 0 Å². The second-order valence-electron chi connectivity index (χ2n) is 3.51. The van der Waals surface area contributed by atoms with Crippen molar-refractivity contribution in [1.29, 1.82) is 0 Å². The molecule has 66 valence electrons. The maximum absolute atomic E-state index is 5.89. The van der Waals surface area contributed by atoms with Gasteiger partial charge in [0.2, 0.25) is 0 Å². The molecule has 11 heavy (non-hydrogen) atoms. The summed E-state index contributed by atoms with van der Waals surface area (Å²) in [6.45, 7) is 6.55. The van der Waals surface area contributed by atoms with E-state index in [0.717, 1.165) is 13.1 Å². The third-order valence-electron chi connectivity index (χ3n) is 2.04. The number of rotatable bonds is 3. The Morgan fingerprint density at radius 2 is 1.82 bits per heavy atom. The van der Waals surface area contributed by atoms with Gasteiger partial charge in [0.1, 0.15) is 6.29 Å². The molecule has 0 saturated carbocycles.